The zero-order chi connectivity index (χ0) is 40.0. The summed E-state index contributed by atoms with van der Waals surface area (Å²) < 4.78 is 22.6. The number of esters is 2. The second kappa shape index (κ2) is 38.2. The van der Waals surface area contributed by atoms with Gasteiger partial charge in [0.05, 0.1) is 40.3 Å². The summed E-state index contributed by atoms with van der Waals surface area (Å²) in [6.45, 7) is 4.77. The van der Waals surface area contributed by atoms with E-state index < -0.39 is 24.3 Å². The van der Waals surface area contributed by atoms with Crippen LogP contribution in [0.3, 0.4) is 0 Å². The van der Waals surface area contributed by atoms with Crippen molar-refractivity contribution in [3.63, 3.8) is 0 Å². The van der Waals surface area contributed by atoms with Crippen LogP contribution in [0.1, 0.15) is 213 Å². The molecule has 0 saturated heterocycles. The molecule has 0 N–H and O–H groups in total. The molecule has 0 spiro atoms. The molecule has 0 aliphatic carbocycles. The molecule has 9 nitrogen and oxygen atoms in total. The van der Waals surface area contributed by atoms with Crippen LogP contribution in [0, 0.1) is 0 Å². The zero-order valence-electron chi connectivity index (χ0n) is 36.1. The summed E-state index contributed by atoms with van der Waals surface area (Å²) in [5, 5.41) is 11.7. The fraction of sp³-hybridized carbons (Fsp3) is 0.933. The quantitative estimate of drug-likeness (QED) is 0.0261. The predicted octanol–water partition coefficient (Wildman–Crippen LogP) is 10.4. The number of aliphatic carboxylic acids is 1. The molecule has 9 heteroatoms. The van der Waals surface area contributed by atoms with Gasteiger partial charge < -0.3 is 33.3 Å². The first-order valence-electron chi connectivity index (χ1n) is 22.7. The summed E-state index contributed by atoms with van der Waals surface area (Å²) in [5.41, 5.74) is 0. The molecule has 0 radical (unpaired) electrons. The van der Waals surface area contributed by atoms with E-state index in [9.17, 15) is 19.5 Å². The molecule has 0 saturated carbocycles. The number of hydrogen-bond acceptors (Lipinski definition) is 8. The molecular weight excluding hydrogens is 682 g/mol. The van der Waals surface area contributed by atoms with Gasteiger partial charge in [-0.1, -0.05) is 187 Å². The highest BCUT2D eigenvalue weighted by Crippen LogP contribution is 2.16. The third kappa shape index (κ3) is 38.6. The molecular formula is C45H87NO8. The van der Waals surface area contributed by atoms with Crippen LogP contribution in [0.5, 0.6) is 0 Å². The van der Waals surface area contributed by atoms with Crippen molar-refractivity contribution in [2.45, 2.75) is 225 Å². The van der Waals surface area contributed by atoms with Gasteiger partial charge in [-0.05, 0) is 12.8 Å². The number of likely N-dealkylation sites (N-methyl/N-ethyl adjacent to an activating group) is 1. The van der Waals surface area contributed by atoms with Gasteiger partial charge in [-0.25, -0.2) is 0 Å². The average molecular weight is 770 g/mol. The van der Waals surface area contributed by atoms with Crippen molar-refractivity contribution in [2.24, 2.45) is 0 Å². The number of nitrogens with zero attached hydrogens (tertiary/aromatic N) is 1. The van der Waals surface area contributed by atoms with E-state index in [0.717, 1.165) is 38.5 Å². The average Bonchev–Trinajstić information content (AvgIpc) is 3.12. The molecule has 0 aliphatic heterocycles. The molecule has 2 unspecified atom stereocenters. The molecule has 0 aromatic rings. The Morgan fingerprint density at radius 1 is 0.481 bits per heavy atom. The third-order valence-electron chi connectivity index (χ3n) is 10.1. The lowest BCUT2D eigenvalue weighted by Gasteiger charge is -2.26. The van der Waals surface area contributed by atoms with Gasteiger partial charge in [0.15, 0.2) is 12.4 Å². The Bertz CT molecular complexity index is 861. The topological polar surface area (TPSA) is 111 Å². The number of carboxylic acid groups (broad SMARTS) is 1. The van der Waals surface area contributed by atoms with Gasteiger partial charge in [0, 0.05) is 12.8 Å². The Labute approximate surface area is 332 Å². The molecule has 0 aromatic carbocycles. The van der Waals surface area contributed by atoms with Crippen LogP contribution < -0.4 is 5.11 Å². The maximum atomic E-state index is 12.7. The van der Waals surface area contributed by atoms with Crippen LogP contribution in [-0.2, 0) is 33.3 Å². The van der Waals surface area contributed by atoms with E-state index in [4.69, 9.17) is 18.9 Å². The van der Waals surface area contributed by atoms with E-state index in [1.54, 1.807) is 0 Å². The molecule has 0 heterocycles. The molecule has 0 amide bonds. The Morgan fingerprint density at radius 3 is 1.19 bits per heavy atom. The van der Waals surface area contributed by atoms with Crippen LogP contribution in [-0.4, -0.2) is 82.3 Å². The van der Waals surface area contributed by atoms with E-state index in [0.29, 0.717) is 17.4 Å². The summed E-state index contributed by atoms with van der Waals surface area (Å²) in [6.07, 6.45) is 34.1. The molecule has 0 rings (SSSR count). The minimum Gasteiger partial charge on any atom is -0.545 e. The highest BCUT2D eigenvalue weighted by Gasteiger charge is 2.21. The lowest BCUT2D eigenvalue weighted by atomic mass is 10.0. The summed E-state index contributed by atoms with van der Waals surface area (Å²) in [6, 6.07) is 0. The van der Waals surface area contributed by atoms with Crippen molar-refractivity contribution >= 4 is 17.9 Å². The summed E-state index contributed by atoms with van der Waals surface area (Å²) in [7, 11) is 5.92. The monoisotopic (exact) mass is 770 g/mol. The number of unbranched alkanes of at least 4 members (excludes halogenated alkanes) is 27. The van der Waals surface area contributed by atoms with Gasteiger partial charge >= 0.3 is 11.9 Å². The maximum Gasteiger partial charge on any atom is 0.306 e. The fourth-order valence-corrected chi connectivity index (χ4v) is 6.54. The van der Waals surface area contributed by atoms with E-state index >= 15 is 0 Å². The van der Waals surface area contributed by atoms with Crippen molar-refractivity contribution in [2.75, 3.05) is 47.5 Å². The predicted molar refractivity (Wildman–Crippen MR) is 219 cm³/mol. The number of hydrogen-bond donors (Lipinski definition) is 0. The highest BCUT2D eigenvalue weighted by atomic mass is 16.7. The number of carboxylic acids is 1. The fourth-order valence-electron chi connectivity index (χ4n) is 6.54. The first-order valence-corrected chi connectivity index (χ1v) is 22.7. The number of carbonyl (C=O) groups excluding carboxylic acids is 3. The number of rotatable bonds is 42. The van der Waals surface area contributed by atoms with Crippen molar-refractivity contribution in [1.29, 1.82) is 0 Å². The maximum absolute atomic E-state index is 12.7. The minimum absolute atomic E-state index is 0.153. The molecule has 2 atom stereocenters. The van der Waals surface area contributed by atoms with Gasteiger partial charge in [0.1, 0.15) is 13.2 Å². The smallest absolute Gasteiger partial charge is 0.306 e. The van der Waals surface area contributed by atoms with Gasteiger partial charge in [0.25, 0.3) is 0 Å². The molecule has 320 valence electrons. The molecule has 0 aromatic heterocycles. The van der Waals surface area contributed by atoms with E-state index in [1.165, 1.54) is 148 Å². The minimum atomic E-state index is -1.61. The standard InChI is InChI=1S/C45H87NO8/c1-6-8-10-12-14-16-18-20-21-22-24-26-28-30-32-34-36-43(48)54-41(40-53-45(44(49)50)51-38-37-46(3,4)5)39-52-42(47)35-33-31-29-27-25-23-19-17-15-13-11-9-7-2/h41,45H,6-40H2,1-5H3. The van der Waals surface area contributed by atoms with Crippen molar-refractivity contribution in [1.82, 2.24) is 0 Å². The summed E-state index contributed by atoms with van der Waals surface area (Å²) in [5.74, 6) is -2.26. The molecule has 0 aliphatic rings. The molecule has 54 heavy (non-hydrogen) atoms. The Balaban J connectivity index is 4.39. The van der Waals surface area contributed by atoms with Crippen molar-refractivity contribution < 1.29 is 42.9 Å². The van der Waals surface area contributed by atoms with Crippen LogP contribution in [0.2, 0.25) is 0 Å². The lowest BCUT2D eigenvalue weighted by Crippen LogP contribution is -2.44. The summed E-state index contributed by atoms with van der Waals surface area (Å²) in [4.78, 5) is 36.9. The lowest BCUT2D eigenvalue weighted by molar-refractivity contribution is -0.870. The molecule has 0 bridgehead atoms. The Kier molecular flexibility index (Phi) is 37.0. The van der Waals surface area contributed by atoms with Crippen molar-refractivity contribution in [3.8, 4) is 0 Å². The first kappa shape index (κ1) is 52.3. The third-order valence-corrected chi connectivity index (χ3v) is 10.1. The first-order chi connectivity index (χ1) is 26.1. The van der Waals surface area contributed by atoms with E-state index in [-0.39, 0.29) is 32.2 Å². The van der Waals surface area contributed by atoms with E-state index in [1.807, 2.05) is 21.1 Å². The van der Waals surface area contributed by atoms with Gasteiger partial charge in [0.2, 0.25) is 0 Å². The van der Waals surface area contributed by atoms with Gasteiger partial charge in [-0.2, -0.15) is 0 Å². The van der Waals surface area contributed by atoms with Gasteiger partial charge in [-0.15, -0.1) is 0 Å². The Morgan fingerprint density at radius 2 is 0.833 bits per heavy atom. The van der Waals surface area contributed by atoms with E-state index in [2.05, 4.69) is 13.8 Å². The van der Waals surface area contributed by atoms with Crippen LogP contribution in [0.15, 0.2) is 0 Å². The van der Waals surface area contributed by atoms with Gasteiger partial charge in [-0.3, -0.25) is 9.59 Å². The zero-order valence-corrected chi connectivity index (χ0v) is 36.1. The number of carbonyl (C=O) groups is 3. The molecule has 0 fully saturated rings. The second-order valence-corrected chi connectivity index (χ2v) is 16.7. The Hall–Kier alpha value is -1.71. The van der Waals surface area contributed by atoms with Crippen LogP contribution >= 0.6 is 0 Å². The summed E-state index contributed by atoms with van der Waals surface area (Å²) >= 11 is 0. The largest absolute Gasteiger partial charge is 0.545 e. The van der Waals surface area contributed by atoms with Crippen LogP contribution in [0.4, 0.5) is 0 Å². The van der Waals surface area contributed by atoms with Crippen LogP contribution in [0.25, 0.3) is 0 Å². The normalized spacial score (nSPS) is 12.8. The number of quaternary nitrogens is 1. The van der Waals surface area contributed by atoms with Crippen molar-refractivity contribution in [3.05, 3.63) is 0 Å². The second-order valence-electron chi connectivity index (χ2n) is 16.7. The SMILES string of the molecule is CCCCCCCCCCCCCCCCCCC(=O)OC(COC(=O)CCCCCCCCCCCCCCC)COC(OCC[N+](C)(C)C)C(=O)[O-]. The highest BCUT2D eigenvalue weighted by molar-refractivity contribution is 5.70. The number of ether oxygens (including phenoxy) is 4.